The van der Waals surface area contributed by atoms with Gasteiger partial charge in [0.1, 0.15) is 5.60 Å². The fourth-order valence-corrected chi connectivity index (χ4v) is 4.24. The Morgan fingerprint density at radius 2 is 1.76 bits per heavy atom. The van der Waals surface area contributed by atoms with Gasteiger partial charge < -0.3 is 20.1 Å². The third-order valence-electron chi connectivity index (χ3n) is 5.88. The number of nitrogens with zero attached hydrogens (tertiary/aromatic N) is 1. The van der Waals surface area contributed by atoms with E-state index in [1.165, 1.54) is 0 Å². The van der Waals surface area contributed by atoms with Crippen molar-refractivity contribution in [2.24, 2.45) is 0 Å². The molecule has 2 aromatic rings. The van der Waals surface area contributed by atoms with Crippen LogP contribution >= 0.6 is 0 Å². The maximum Gasteiger partial charge on any atom is 0.407 e. The molecule has 1 aliphatic rings. The number of aliphatic hydroxyl groups is 1. The first-order chi connectivity index (χ1) is 15.7. The van der Waals surface area contributed by atoms with E-state index in [2.05, 4.69) is 41.7 Å². The number of hydrogen-bond donors (Lipinski definition) is 2. The van der Waals surface area contributed by atoms with Crippen molar-refractivity contribution in [2.45, 2.75) is 70.6 Å². The van der Waals surface area contributed by atoms with Crippen LogP contribution in [0, 0.1) is 0 Å². The van der Waals surface area contributed by atoms with E-state index in [0.29, 0.717) is 25.8 Å². The first kappa shape index (κ1) is 24.8. The Kier molecular flexibility index (Phi) is 8.50. The highest BCUT2D eigenvalue weighted by Crippen LogP contribution is 2.22. The number of carbonyl (C=O) groups excluding carboxylic acids is 2. The van der Waals surface area contributed by atoms with Crippen molar-refractivity contribution in [3.63, 3.8) is 0 Å². The number of alkyl carbamates (subject to hydrolysis) is 1. The summed E-state index contributed by atoms with van der Waals surface area (Å²) in [6.45, 7) is 6.18. The van der Waals surface area contributed by atoms with E-state index >= 15 is 0 Å². The average molecular weight is 453 g/mol. The minimum absolute atomic E-state index is 0.000903. The van der Waals surface area contributed by atoms with Gasteiger partial charge in [0.25, 0.3) is 0 Å². The van der Waals surface area contributed by atoms with Crippen molar-refractivity contribution in [3.05, 3.63) is 60.2 Å². The highest BCUT2D eigenvalue weighted by atomic mass is 16.6. The van der Waals surface area contributed by atoms with E-state index < -0.39 is 11.7 Å². The predicted molar refractivity (Wildman–Crippen MR) is 130 cm³/mol. The summed E-state index contributed by atoms with van der Waals surface area (Å²) in [4.78, 5) is 27.0. The summed E-state index contributed by atoms with van der Waals surface area (Å²) < 4.78 is 5.45. The first-order valence-corrected chi connectivity index (χ1v) is 11.8. The molecule has 2 N–H and O–H groups in total. The van der Waals surface area contributed by atoms with Gasteiger partial charge in [0, 0.05) is 19.0 Å². The second-order valence-electron chi connectivity index (χ2n) is 9.71. The molecule has 2 amide bonds. The van der Waals surface area contributed by atoms with E-state index in [1.807, 2.05) is 39.0 Å². The van der Waals surface area contributed by atoms with Gasteiger partial charge in [0.05, 0.1) is 12.6 Å². The third kappa shape index (κ3) is 7.60. The van der Waals surface area contributed by atoms with Gasteiger partial charge in [-0.2, -0.15) is 0 Å². The Hall–Kier alpha value is -2.86. The largest absolute Gasteiger partial charge is 0.444 e. The third-order valence-corrected chi connectivity index (χ3v) is 5.88. The van der Waals surface area contributed by atoms with E-state index in [1.54, 1.807) is 4.90 Å². The van der Waals surface area contributed by atoms with Crippen molar-refractivity contribution in [1.29, 1.82) is 0 Å². The second kappa shape index (κ2) is 11.3. The van der Waals surface area contributed by atoms with Gasteiger partial charge in [0.15, 0.2) is 0 Å². The Bertz CT molecular complexity index is 906. The maximum atomic E-state index is 12.8. The van der Waals surface area contributed by atoms with Gasteiger partial charge in [-0.25, -0.2) is 4.79 Å². The van der Waals surface area contributed by atoms with Gasteiger partial charge in [-0.05, 0) is 63.1 Å². The van der Waals surface area contributed by atoms with Crippen LogP contribution in [0.2, 0.25) is 0 Å². The van der Waals surface area contributed by atoms with Crippen LogP contribution in [0.4, 0.5) is 4.79 Å². The molecule has 1 saturated heterocycles. The lowest BCUT2D eigenvalue weighted by molar-refractivity contribution is -0.133. The van der Waals surface area contributed by atoms with Crippen LogP contribution in [0.3, 0.4) is 0 Å². The average Bonchev–Trinajstić information content (AvgIpc) is 3.26. The van der Waals surface area contributed by atoms with Crippen LogP contribution in [0.25, 0.3) is 11.1 Å². The highest BCUT2D eigenvalue weighted by molar-refractivity contribution is 5.77. The number of amides is 2. The Morgan fingerprint density at radius 3 is 2.39 bits per heavy atom. The number of ether oxygens (including phenoxy) is 1. The van der Waals surface area contributed by atoms with Crippen LogP contribution in [0.15, 0.2) is 54.6 Å². The lowest BCUT2D eigenvalue weighted by atomic mass is 9.98. The molecule has 6 nitrogen and oxygen atoms in total. The molecular weight excluding hydrogens is 416 g/mol. The molecule has 3 rings (SSSR count). The van der Waals surface area contributed by atoms with Crippen molar-refractivity contribution in [1.82, 2.24) is 10.2 Å². The standard InChI is InChI=1S/C27H36N2O4/c1-27(2,3)33-26(32)28-23(15-16-25(31)29-17-7-10-24(29)19-30)18-20-11-13-22(14-12-20)21-8-5-4-6-9-21/h4-6,8-9,11-14,23-24,30H,7,10,15-19H2,1-3H3,(H,28,32)/t23?,24-/m0/s1. The molecule has 0 spiro atoms. The van der Waals surface area contributed by atoms with E-state index in [-0.39, 0.29) is 24.6 Å². The number of likely N-dealkylation sites (tertiary alicyclic amines) is 1. The summed E-state index contributed by atoms with van der Waals surface area (Å²) in [7, 11) is 0. The predicted octanol–water partition coefficient (Wildman–Crippen LogP) is 4.55. The van der Waals surface area contributed by atoms with Gasteiger partial charge in [-0.15, -0.1) is 0 Å². The lowest BCUT2D eigenvalue weighted by Gasteiger charge is -2.26. The number of rotatable bonds is 8. The Morgan fingerprint density at radius 1 is 1.09 bits per heavy atom. The summed E-state index contributed by atoms with van der Waals surface area (Å²) in [5, 5.41) is 12.5. The second-order valence-corrected chi connectivity index (χ2v) is 9.71. The minimum atomic E-state index is -0.592. The van der Waals surface area contributed by atoms with Gasteiger partial charge in [0.2, 0.25) is 5.91 Å². The summed E-state index contributed by atoms with van der Waals surface area (Å²) in [5.74, 6) is 0.0296. The molecule has 2 atom stereocenters. The van der Waals surface area contributed by atoms with Crippen LogP contribution < -0.4 is 5.32 Å². The number of aliphatic hydroxyl groups excluding tert-OH is 1. The topological polar surface area (TPSA) is 78.9 Å². The fourth-order valence-electron chi connectivity index (χ4n) is 4.24. The highest BCUT2D eigenvalue weighted by Gasteiger charge is 2.28. The van der Waals surface area contributed by atoms with Crippen LogP contribution in [-0.4, -0.2) is 52.8 Å². The summed E-state index contributed by atoms with van der Waals surface area (Å²) in [6.07, 6.45) is 2.72. The molecule has 0 aromatic heterocycles. The van der Waals surface area contributed by atoms with Crippen LogP contribution in [0.5, 0.6) is 0 Å². The van der Waals surface area contributed by atoms with Gasteiger partial charge >= 0.3 is 6.09 Å². The molecule has 6 heteroatoms. The van der Waals surface area contributed by atoms with Gasteiger partial charge in [-0.1, -0.05) is 54.6 Å². The molecule has 0 saturated carbocycles. The first-order valence-electron chi connectivity index (χ1n) is 11.8. The number of carbonyl (C=O) groups is 2. The monoisotopic (exact) mass is 452 g/mol. The van der Waals surface area contributed by atoms with E-state index in [0.717, 1.165) is 29.5 Å². The van der Waals surface area contributed by atoms with E-state index in [9.17, 15) is 14.7 Å². The molecule has 2 aromatic carbocycles. The SMILES string of the molecule is CC(C)(C)OC(=O)NC(CCC(=O)N1CCC[C@H]1CO)Cc1ccc(-c2ccccc2)cc1. The molecule has 33 heavy (non-hydrogen) atoms. The summed E-state index contributed by atoms with van der Waals surface area (Å²) in [6, 6.07) is 18.2. The van der Waals surface area contributed by atoms with Crippen LogP contribution in [-0.2, 0) is 16.0 Å². The van der Waals surface area contributed by atoms with Gasteiger partial charge in [-0.3, -0.25) is 4.79 Å². The molecule has 1 heterocycles. The molecule has 1 unspecified atom stereocenters. The number of hydrogen-bond acceptors (Lipinski definition) is 4. The lowest BCUT2D eigenvalue weighted by Crippen LogP contribution is -2.42. The Labute approximate surface area is 196 Å². The maximum absolute atomic E-state index is 12.8. The van der Waals surface area contributed by atoms with Crippen molar-refractivity contribution < 1.29 is 19.4 Å². The van der Waals surface area contributed by atoms with Crippen LogP contribution in [0.1, 0.15) is 52.0 Å². The zero-order chi connectivity index (χ0) is 23.8. The summed E-state index contributed by atoms with van der Waals surface area (Å²) >= 11 is 0. The zero-order valence-electron chi connectivity index (χ0n) is 19.9. The number of nitrogens with one attached hydrogen (secondary N) is 1. The van der Waals surface area contributed by atoms with Crippen molar-refractivity contribution in [2.75, 3.05) is 13.2 Å². The molecule has 0 aliphatic carbocycles. The van der Waals surface area contributed by atoms with E-state index in [4.69, 9.17) is 4.74 Å². The molecular formula is C27H36N2O4. The smallest absolute Gasteiger partial charge is 0.407 e. The minimum Gasteiger partial charge on any atom is -0.444 e. The fraction of sp³-hybridized carbons (Fsp3) is 0.481. The van der Waals surface area contributed by atoms with Crippen molar-refractivity contribution >= 4 is 12.0 Å². The molecule has 178 valence electrons. The molecule has 1 fully saturated rings. The van der Waals surface area contributed by atoms with Crippen molar-refractivity contribution in [3.8, 4) is 11.1 Å². The molecule has 0 radical (unpaired) electrons. The zero-order valence-corrected chi connectivity index (χ0v) is 19.9. The summed E-state index contributed by atoms with van der Waals surface area (Å²) in [5.41, 5.74) is 2.78. The molecule has 1 aliphatic heterocycles. The number of benzene rings is 2. The quantitative estimate of drug-likeness (QED) is 0.616. The normalized spacial score (nSPS) is 17.0. The Balaban J connectivity index is 1.66. The molecule has 0 bridgehead atoms.